The molecule has 15 heavy (non-hydrogen) atoms. The summed E-state index contributed by atoms with van der Waals surface area (Å²) in [5.41, 5.74) is 1.68. The van der Waals surface area contributed by atoms with Crippen molar-refractivity contribution in [1.29, 1.82) is 0 Å². The van der Waals surface area contributed by atoms with Gasteiger partial charge in [0.05, 0.1) is 6.61 Å². The molecule has 0 atom stereocenters. The van der Waals surface area contributed by atoms with Crippen molar-refractivity contribution in [3.63, 3.8) is 0 Å². The van der Waals surface area contributed by atoms with Crippen LogP contribution >= 0.6 is 0 Å². The maximum Gasteiger partial charge on any atom is 0.176 e. The number of rotatable bonds is 3. The molecule has 0 radical (unpaired) electrons. The number of hydrogen-bond donors (Lipinski definition) is 1. The standard InChI is InChI=1S/C12H14O3/c1-8-9(6-7-14-2)10-4-3-5-11(13)12(10)15-8/h3-5,13H,6-7H2,1-2H3. The first-order valence-corrected chi connectivity index (χ1v) is 4.93. The first-order chi connectivity index (χ1) is 7.24. The van der Waals surface area contributed by atoms with Gasteiger partial charge in [0.15, 0.2) is 11.3 Å². The van der Waals surface area contributed by atoms with Crippen LogP contribution in [0.15, 0.2) is 22.6 Å². The molecule has 0 spiro atoms. The third-order valence-corrected chi connectivity index (χ3v) is 2.56. The van der Waals surface area contributed by atoms with Crippen molar-refractivity contribution < 1.29 is 14.3 Å². The summed E-state index contributed by atoms with van der Waals surface area (Å²) in [5, 5.41) is 10.6. The zero-order valence-corrected chi connectivity index (χ0v) is 8.91. The fraction of sp³-hybridized carbons (Fsp3) is 0.333. The number of para-hydroxylation sites is 1. The van der Waals surface area contributed by atoms with E-state index in [0.29, 0.717) is 12.2 Å². The Hall–Kier alpha value is -1.48. The highest BCUT2D eigenvalue weighted by Crippen LogP contribution is 2.31. The molecule has 1 N–H and O–H groups in total. The Morgan fingerprint density at radius 3 is 2.93 bits per heavy atom. The summed E-state index contributed by atoms with van der Waals surface area (Å²) < 4.78 is 10.6. The van der Waals surface area contributed by atoms with Crippen LogP contribution in [0, 0.1) is 6.92 Å². The lowest BCUT2D eigenvalue weighted by atomic mass is 10.1. The maximum absolute atomic E-state index is 9.61. The molecule has 3 nitrogen and oxygen atoms in total. The molecule has 0 aliphatic rings. The van der Waals surface area contributed by atoms with Gasteiger partial charge >= 0.3 is 0 Å². The summed E-state index contributed by atoms with van der Waals surface area (Å²) in [6, 6.07) is 5.41. The molecular formula is C12H14O3. The number of aromatic hydroxyl groups is 1. The summed E-state index contributed by atoms with van der Waals surface area (Å²) in [4.78, 5) is 0. The quantitative estimate of drug-likeness (QED) is 0.839. The monoisotopic (exact) mass is 206 g/mol. The normalized spacial score (nSPS) is 11.1. The Labute approximate surface area is 88.3 Å². The van der Waals surface area contributed by atoms with E-state index in [9.17, 15) is 5.11 Å². The minimum absolute atomic E-state index is 0.194. The highest BCUT2D eigenvalue weighted by atomic mass is 16.5. The Balaban J connectivity index is 2.53. The van der Waals surface area contributed by atoms with Gasteiger partial charge in [-0.3, -0.25) is 0 Å². The average Bonchev–Trinajstić information content (AvgIpc) is 2.54. The fourth-order valence-electron chi connectivity index (χ4n) is 1.79. The lowest BCUT2D eigenvalue weighted by Crippen LogP contribution is -1.94. The first kappa shape index (κ1) is 10.1. The summed E-state index contributed by atoms with van der Waals surface area (Å²) in [5.74, 6) is 1.04. The molecule has 1 aromatic heterocycles. The Kier molecular flexibility index (Phi) is 2.64. The van der Waals surface area contributed by atoms with Crippen molar-refractivity contribution in [3.8, 4) is 5.75 Å². The summed E-state index contributed by atoms with van der Waals surface area (Å²) in [6.07, 6.45) is 0.804. The molecular weight excluding hydrogens is 192 g/mol. The zero-order chi connectivity index (χ0) is 10.8. The van der Waals surface area contributed by atoms with Gasteiger partial charge in [0.2, 0.25) is 0 Å². The number of phenolic OH excluding ortho intramolecular Hbond substituents is 1. The number of aryl methyl sites for hydroxylation is 1. The number of methoxy groups -OCH3 is 1. The average molecular weight is 206 g/mol. The van der Waals surface area contributed by atoms with Gasteiger partial charge in [-0.1, -0.05) is 12.1 Å². The topological polar surface area (TPSA) is 42.6 Å². The van der Waals surface area contributed by atoms with Gasteiger partial charge in [0.25, 0.3) is 0 Å². The molecule has 0 unspecified atom stereocenters. The van der Waals surface area contributed by atoms with Crippen molar-refractivity contribution in [3.05, 3.63) is 29.5 Å². The van der Waals surface area contributed by atoms with Crippen LogP contribution in [0.5, 0.6) is 5.75 Å². The van der Waals surface area contributed by atoms with Gasteiger partial charge in [-0.25, -0.2) is 0 Å². The first-order valence-electron chi connectivity index (χ1n) is 4.93. The highest BCUT2D eigenvalue weighted by Gasteiger charge is 2.12. The number of hydrogen-bond acceptors (Lipinski definition) is 3. The van der Waals surface area contributed by atoms with Gasteiger partial charge in [0.1, 0.15) is 5.76 Å². The van der Waals surface area contributed by atoms with Crippen LogP contribution in [0.25, 0.3) is 11.0 Å². The van der Waals surface area contributed by atoms with Crippen molar-refractivity contribution in [1.82, 2.24) is 0 Å². The smallest absolute Gasteiger partial charge is 0.176 e. The van der Waals surface area contributed by atoms with Gasteiger partial charge in [-0.05, 0) is 19.4 Å². The van der Waals surface area contributed by atoms with Crippen LogP contribution in [0.2, 0.25) is 0 Å². The van der Waals surface area contributed by atoms with Gasteiger partial charge in [-0.2, -0.15) is 0 Å². The molecule has 80 valence electrons. The SMILES string of the molecule is COCCc1c(C)oc2c(O)cccc12. The number of phenols is 1. The van der Waals surface area contributed by atoms with E-state index in [4.69, 9.17) is 9.15 Å². The molecule has 0 saturated carbocycles. The van der Waals surface area contributed by atoms with Gasteiger partial charge in [-0.15, -0.1) is 0 Å². The molecule has 0 fully saturated rings. The second-order valence-electron chi connectivity index (χ2n) is 3.53. The van der Waals surface area contributed by atoms with Gasteiger partial charge in [0, 0.05) is 18.1 Å². The molecule has 0 aliphatic heterocycles. The van der Waals surface area contributed by atoms with E-state index in [1.807, 2.05) is 19.1 Å². The number of benzene rings is 1. The minimum Gasteiger partial charge on any atom is -0.504 e. The predicted molar refractivity (Wildman–Crippen MR) is 58.2 cm³/mol. The number of furan rings is 1. The lowest BCUT2D eigenvalue weighted by Gasteiger charge is -1.98. The fourth-order valence-corrected chi connectivity index (χ4v) is 1.79. The molecule has 2 rings (SSSR count). The molecule has 1 aromatic carbocycles. The predicted octanol–water partition coefficient (Wildman–Crippen LogP) is 2.64. The number of ether oxygens (including phenoxy) is 1. The largest absolute Gasteiger partial charge is 0.504 e. The molecule has 3 heteroatoms. The van der Waals surface area contributed by atoms with Crippen molar-refractivity contribution in [2.75, 3.05) is 13.7 Å². The van der Waals surface area contributed by atoms with Crippen LogP contribution in [-0.4, -0.2) is 18.8 Å². The Bertz CT molecular complexity index is 471. The number of fused-ring (bicyclic) bond motifs is 1. The summed E-state index contributed by atoms with van der Waals surface area (Å²) in [7, 11) is 1.68. The van der Waals surface area contributed by atoms with Crippen LogP contribution < -0.4 is 0 Å². The van der Waals surface area contributed by atoms with Crippen LogP contribution in [0.1, 0.15) is 11.3 Å². The Morgan fingerprint density at radius 1 is 1.40 bits per heavy atom. The second kappa shape index (κ2) is 3.95. The zero-order valence-electron chi connectivity index (χ0n) is 8.91. The van der Waals surface area contributed by atoms with E-state index in [2.05, 4.69) is 0 Å². The molecule has 2 aromatic rings. The summed E-state index contributed by atoms with van der Waals surface area (Å²) in [6.45, 7) is 2.57. The van der Waals surface area contributed by atoms with Crippen molar-refractivity contribution in [2.45, 2.75) is 13.3 Å². The van der Waals surface area contributed by atoms with E-state index in [0.717, 1.165) is 23.1 Å². The molecule has 0 bridgehead atoms. The van der Waals surface area contributed by atoms with Crippen LogP contribution in [0.4, 0.5) is 0 Å². The molecule has 1 heterocycles. The van der Waals surface area contributed by atoms with E-state index in [1.54, 1.807) is 13.2 Å². The second-order valence-corrected chi connectivity index (χ2v) is 3.53. The minimum atomic E-state index is 0.194. The van der Waals surface area contributed by atoms with Crippen molar-refractivity contribution in [2.24, 2.45) is 0 Å². The third-order valence-electron chi connectivity index (χ3n) is 2.56. The van der Waals surface area contributed by atoms with Crippen molar-refractivity contribution >= 4 is 11.0 Å². The summed E-state index contributed by atoms with van der Waals surface area (Å²) >= 11 is 0. The molecule has 0 amide bonds. The van der Waals surface area contributed by atoms with E-state index < -0.39 is 0 Å². The van der Waals surface area contributed by atoms with Gasteiger partial charge < -0.3 is 14.3 Å². The van der Waals surface area contributed by atoms with Crippen LogP contribution in [0.3, 0.4) is 0 Å². The van der Waals surface area contributed by atoms with E-state index in [1.165, 1.54) is 0 Å². The van der Waals surface area contributed by atoms with Crippen LogP contribution in [-0.2, 0) is 11.2 Å². The lowest BCUT2D eigenvalue weighted by molar-refractivity contribution is 0.202. The molecule has 0 saturated heterocycles. The van der Waals surface area contributed by atoms with E-state index in [-0.39, 0.29) is 5.75 Å². The maximum atomic E-state index is 9.61. The highest BCUT2D eigenvalue weighted by molar-refractivity contribution is 5.86. The van der Waals surface area contributed by atoms with E-state index >= 15 is 0 Å². The third kappa shape index (κ3) is 1.70. The molecule has 0 aliphatic carbocycles. The Morgan fingerprint density at radius 2 is 2.20 bits per heavy atom.